The molecule has 3 fully saturated rings. The first-order chi connectivity index (χ1) is 30.1. The lowest BCUT2D eigenvalue weighted by Gasteiger charge is -2.38. The lowest BCUT2D eigenvalue weighted by Crippen LogP contribution is -2.54. The van der Waals surface area contributed by atoms with Crippen molar-refractivity contribution in [2.24, 2.45) is 5.73 Å². The smallest absolute Gasteiger partial charge is 0.264 e. The average molecular weight is 844 g/mol. The number of fused-ring (bicyclic) bond motifs is 2. The van der Waals surface area contributed by atoms with E-state index in [-0.39, 0.29) is 49.0 Å². The third-order valence-corrected chi connectivity index (χ3v) is 12.1. The van der Waals surface area contributed by atoms with E-state index in [9.17, 15) is 28.4 Å². The van der Waals surface area contributed by atoms with E-state index >= 15 is 0 Å². The Morgan fingerprint density at radius 1 is 0.903 bits per heavy atom. The summed E-state index contributed by atoms with van der Waals surface area (Å²) in [6, 6.07) is 19.9. The summed E-state index contributed by atoms with van der Waals surface area (Å²) in [5.41, 5.74) is 9.78. The van der Waals surface area contributed by atoms with Crippen molar-refractivity contribution in [2.45, 2.75) is 50.2 Å². The zero-order chi connectivity index (χ0) is 42.9. The number of imidazole rings is 1. The van der Waals surface area contributed by atoms with Gasteiger partial charge >= 0.3 is 0 Å². The molecular weight excluding hydrogens is 798 g/mol. The van der Waals surface area contributed by atoms with Crippen LogP contribution in [-0.2, 0) is 19.1 Å². The fourth-order valence-corrected chi connectivity index (χ4v) is 9.02. The molecule has 18 heteroatoms. The molecule has 5 aromatic rings. The molecule has 9 rings (SSSR count). The molecule has 0 bridgehead atoms. The van der Waals surface area contributed by atoms with Gasteiger partial charge in [0.1, 0.15) is 29.2 Å². The molecule has 4 aliphatic rings. The Bertz CT molecular complexity index is 2560. The number of nitrogens with zero attached hydrogens (tertiary/aromatic N) is 8. The van der Waals surface area contributed by atoms with E-state index in [4.69, 9.17) is 20.6 Å². The summed E-state index contributed by atoms with van der Waals surface area (Å²) < 4.78 is 21.8. The SMILES string of the molecule is NC(=O)C(CCOCCNc1cccc2c1C(=O)N(C1CCC(=O)NC1=O)C2=O)N1CCN(c2cccc(-c3cnc4ccc(N5CCC[C@@H]5c5cccc(F)c5)nn34)n2)CC1. The molecule has 2 unspecified atom stereocenters. The second kappa shape index (κ2) is 17.3. The van der Waals surface area contributed by atoms with Crippen LogP contribution in [0.25, 0.3) is 17.0 Å². The number of carbonyl (C=O) groups excluding carboxylic acids is 5. The monoisotopic (exact) mass is 843 g/mol. The Balaban J connectivity index is 0.776. The fourth-order valence-electron chi connectivity index (χ4n) is 9.02. The Morgan fingerprint density at radius 3 is 2.53 bits per heavy atom. The number of piperazine rings is 1. The Morgan fingerprint density at radius 2 is 1.73 bits per heavy atom. The number of hydrogen-bond acceptors (Lipinski definition) is 13. The number of nitrogens with one attached hydrogen (secondary N) is 2. The summed E-state index contributed by atoms with van der Waals surface area (Å²) in [7, 11) is 0. The van der Waals surface area contributed by atoms with Gasteiger partial charge in [0.05, 0.1) is 41.7 Å². The lowest BCUT2D eigenvalue weighted by atomic mass is 10.0. The third-order valence-electron chi connectivity index (χ3n) is 12.1. The minimum absolute atomic E-state index is 0.0289. The van der Waals surface area contributed by atoms with Gasteiger partial charge in [-0.05, 0) is 79.8 Å². The van der Waals surface area contributed by atoms with Crippen LogP contribution in [0.1, 0.15) is 64.4 Å². The summed E-state index contributed by atoms with van der Waals surface area (Å²) in [5, 5.41) is 10.4. The number of aromatic nitrogens is 4. The summed E-state index contributed by atoms with van der Waals surface area (Å²) in [6.07, 6.45) is 4.17. The second-order valence-electron chi connectivity index (χ2n) is 15.8. The van der Waals surface area contributed by atoms with Crippen LogP contribution in [0.3, 0.4) is 0 Å². The number of anilines is 3. The number of pyridine rings is 1. The zero-order valence-corrected chi connectivity index (χ0v) is 33.9. The number of imide groups is 2. The van der Waals surface area contributed by atoms with Crippen molar-refractivity contribution in [3.05, 3.63) is 102 Å². The molecule has 0 saturated carbocycles. The van der Waals surface area contributed by atoms with Crippen molar-refractivity contribution >= 4 is 52.5 Å². The summed E-state index contributed by atoms with van der Waals surface area (Å²) in [4.78, 5) is 80.3. The Kier molecular flexibility index (Phi) is 11.3. The van der Waals surface area contributed by atoms with Crippen LogP contribution in [0.5, 0.6) is 0 Å². The highest BCUT2D eigenvalue weighted by atomic mass is 19.1. The maximum Gasteiger partial charge on any atom is 0.264 e. The Hall–Kier alpha value is -6.79. The van der Waals surface area contributed by atoms with E-state index in [0.717, 1.165) is 52.9 Å². The quantitative estimate of drug-likeness (QED) is 0.109. The van der Waals surface area contributed by atoms with E-state index in [1.54, 1.807) is 36.5 Å². The molecule has 320 valence electrons. The number of primary amides is 1. The fraction of sp³-hybridized carbons (Fsp3) is 0.364. The number of benzene rings is 2. The number of carbonyl (C=O) groups is 5. The number of hydrogen-bond donors (Lipinski definition) is 3. The molecule has 3 saturated heterocycles. The zero-order valence-electron chi connectivity index (χ0n) is 33.9. The van der Waals surface area contributed by atoms with Gasteiger partial charge in [0, 0.05) is 58.0 Å². The van der Waals surface area contributed by atoms with Crippen LogP contribution in [0.15, 0.2) is 79.0 Å². The van der Waals surface area contributed by atoms with Gasteiger partial charge in [-0.3, -0.25) is 39.1 Å². The summed E-state index contributed by atoms with van der Waals surface area (Å²) in [6.45, 7) is 4.07. The summed E-state index contributed by atoms with van der Waals surface area (Å²) in [5.74, 6) is -1.36. The molecule has 2 aromatic carbocycles. The van der Waals surface area contributed by atoms with E-state index < -0.39 is 41.6 Å². The highest BCUT2D eigenvalue weighted by Gasteiger charge is 2.45. The van der Waals surface area contributed by atoms with Gasteiger partial charge in [-0.25, -0.2) is 18.9 Å². The molecule has 4 aliphatic heterocycles. The topological polar surface area (TPSA) is 201 Å². The first-order valence-corrected chi connectivity index (χ1v) is 20.9. The second-order valence-corrected chi connectivity index (χ2v) is 15.8. The Labute approximate surface area is 356 Å². The highest BCUT2D eigenvalue weighted by Crippen LogP contribution is 2.36. The molecule has 3 atom stereocenters. The largest absolute Gasteiger partial charge is 0.382 e. The molecule has 17 nitrogen and oxygen atoms in total. The number of rotatable bonds is 14. The van der Waals surface area contributed by atoms with Crippen molar-refractivity contribution in [3.8, 4) is 11.4 Å². The van der Waals surface area contributed by atoms with Gasteiger partial charge < -0.3 is 25.6 Å². The number of ether oxygens (including phenoxy) is 1. The number of halogens is 1. The number of piperidine rings is 1. The minimum atomic E-state index is -1.05. The molecule has 3 aromatic heterocycles. The van der Waals surface area contributed by atoms with Gasteiger partial charge in [0.15, 0.2) is 5.65 Å². The standard InChI is InChI=1S/C44H46FN11O6/c45-28-6-1-5-27(25-28)32-10-4-18-54(32)38-14-13-36-48-26-35(56(36)51-38)30-8-3-11-37(49-30)53-21-19-52(20-22-53)33(41(46)58)16-23-62-24-17-47-31-9-2-7-29-40(31)44(61)55(43(29)60)34-12-15-39(57)50-42(34)59/h1-3,5-9,11,13-14,25-26,32-34,47H,4,10,12,15-24H2,(H2,46,58)(H,50,57,59)/t32-,33?,34?/m1/s1. The molecular formula is C44H46FN11O6. The minimum Gasteiger partial charge on any atom is -0.382 e. The van der Waals surface area contributed by atoms with E-state index in [0.29, 0.717) is 50.5 Å². The maximum absolute atomic E-state index is 14.1. The van der Waals surface area contributed by atoms with Crippen molar-refractivity contribution < 1.29 is 33.1 Å². The van der Waals surface area contributed by atoms with E-state index in [2.05, 4.69) is 30.3 Å². The molecule has 0 aliphatic carbocycles. The highest BCUT2D eigenvalue weighted by molar-refractivity contribution is 6.25. The number of nitrogens with two attached hydrogens (primary N) is 1. The third kappa shape index (κ3) is 7.93. The molecule has 5 amide bonds. The van der Waals surface area contributed by atoms with E-state index in [1.807, 2.05) is 40.9 Å². The van der Waals surface area contributed by atoms with E-state index in [1.165, 1.54) is 6.07 Å². The maximum atomic E-state index is 14.1. The van der Waals surface area contributed by atoms with Crippen molar-refractivity contribution in [1.82, 2.24) is 34.7 Å². The van der Waals surface area contributed by atoms with Crippen molar-refractivity contribution in [2.75, 3.05) is 67.6 Å². The van der Waals surface area contributed by atoms with Crippen molar-refractivity contribution in [3.63, 3.8) is 0 Å². The summed E-state index contributed by atoms with van der Waals surface area (Å²) >= 11 is 0. The number of amides is 5. The van der Waals surface area contributed by atoms with Crippen LogP contribution >= 0.6 is 0 Å². The first kappa shape index (κ1) is 40.6. The van der Waals surface area contributed by atoms with Gasteiger partial charge in [0.2, 0.25) is 17.7 Å². The lowest BCUT2D eigenvalue weighted by molar-refractivity contribution is -0.136. The normalized spacial score (nSPS) is 19.9. The van der Waals surface area contributed by atoms with Gasteiger partial charge in [0.25, 0.3) is 11.8 Å². The van der Waals surface area contributed by atoms with Crippen LogP contribution in [0.4, 0.5) is 21.7 Å². The molecule has 0 radical (unpaired) electrons. The van der Waals surface area contributed by atoms with Crippen molar-refractivity contribution in [1.29, 1.82) is 0 Å². The predicted molar refractivity (Wildman–Crippen MR) is 226 cm³/mol. The van der Waals surface area contributed by atoms with Crippen LogP contribution in [0.2, 0.25) is 0 Å². The van der Waals surface area contributed by atoms with Crippen LogP contribution in [-0.4, -0.2) is 123 Å². The molecule has 4 N–H and O–H groups in total. The average Bonchev–Trinajstić information content (AvgIpc) is 4.00. The van der Waals surface area contributed by atoms with Gasteiger partial charge in [-0.2, -0.15) is 0 Å². The molecule has 7 heterocycles. The predicted octanol–water partition coefficient (Wildman–Crippen LogP) is 3.17. The van der Waals surface area contributed by atoms with Crippen LogP contribution < -0.4 is 26.2 Å². The van der Waals surface area contributed by atoms with Gasteiger partial charge in [-0.1, -0.05) is 24.3 Å². The molecule has 0 spiro atoms. The molecule has 62 heavy (non-hydrogen) atoms. The van der Waals surface area contributed by atoms with Crippen LogP contribution in [0, 0.1) is 5.82 Å². The van der Waals surface area contributed by atoms with Gasteiger partial charge in [-0.15, -0.1) is 5.10 Å². The first-order valence-electron chi connectivity index (χ1n) is 20.9.